The third-order valence-electron chi connectivity index (χ3n) is 7.36. The number of esters is 1. The predicted molar refractivity (Wildman–Crippen MR) is 162 cm³/mol. The molecule has 5 rings (SSSR count). The van der Waals surface area contributed by atoms with Gasteiger partial charge in [-0.3, -0.25) is 4.90 Å². The zero-order valence-electron chi connectivity index (χ0n) is 25.2. The summed E-state index contributed by atoms with van der Waals surface area (Å²) in [6, 6.07) is 28.0. The highest BCUT2D eigenvalue weighted by Crippen LogP contribution is 2.41. The molecule has 2 fully saturated rings. The summed E-state index contributed by atoms with van der Waals surface area (Å²) in [5.74, 6) is -1.42. The van der Waals surface area contributed by atoms with Gasteiger partial charge in [0.05, 0.1) is 19.3 Å². The molecule has 0 N–H and O–H groups in total. The standard InChI is InChI=1S/C35H39NO8/c1-4-39-29(37)21-20-28(36(22-25-14-8-5-9-15-25)34(38)41-24-27-18-12-7-13-19-27)30-31(40-23-26-16-10-6-11-17-26)32-33(42-30)44-35(2,3)43-32/h5-21,28,30-33H,4,22-24H2,1-3H3/b21-20+/t28-,30+,31-,32+,33+/m0/s1. The molecular weight excluding hydrogens is 562 g/mol. The molecule has 0 aliphatic carbocycles. The average Bonchev–Trinajstić information content (AvgIpc) is 3.51. The third kappa shape index (κ3) is 8.12. The summed E-state index contributed by atoms with van der Waals surface area (Å²) < 4.78 is 36.3. The molecule has 9 nitrogen and oxygen atoms in total. The van der Waals surface area contributed by atoms with E-state index in [-0.39, 0.29) is 26.4 Å². The van der Waals surface area contributed by atoms with Gasteiger partial charge in [0.1, 0.15) is 24.9 Å². The van der Waals surface area contributed by atoms with Crippen molar-refractivity contribution in [1.82, 2.24) is 4.90 Å². The number of ether oxygens (including phenoxy) is 6. The van der Waals surface area contributed by atoms with Gasteiger partial charge in [0.15, 0.2) is 12.1 Å². The van der Waals surface area contributed by atoms with Crippen LogP contribution >= 0.6 is 0 Å². The highest BCUT2D eigenvalue weighted by molar-refractivity contribution is 5.82. The van der Waals surface area contributed by atoms with Gasteiger partial charge in [-0.05, 0) is 37.5 Å². The Hall–Kier alpha value is -4.02. The number of fused-ring (bicyclic) bond motifs is 1. The summed E-state index contributed by atoms with van der Waals surface area (Å²) in [5.41, 5.74) is 2.68. The second kappa shape index (κ2) is 14.6. The van der Waals surface area contributed by atoms with Crippen molar-refractivity contribution >= 4 is 12.1 Å². The molecular formula is C35H39NO8. The van der Waals surface area contributed by atoms with E-state index >= 15 is 0 Å². The quantitative estimate of drug-likeness (QED) is 0.191. The maximum Gasteiger partial charge on any atom is 0.410 e. The van der Waals surface area contributed by atoms with Crippen molar-refractivity contribution in [2.75, 3.05) is 6.61 Å². The van der Waals surface area contributed by atoms with Crippen LogP contribution in [0.2, 0.25) is 0 Å². The normalized spacial score (nSPS) is 22.8. The van der Waals surface area contributed by atoms with Crippen LogP contribution in [0, 0.1) is 0 Å². The number of carbonyl (C=O) groups excluding carboxylic acids is 2. The number of amides is 1. The Morgan fingerprint density at radius 2 is 1.43 bits per heavy atom. The number of hydrogen-bond donors (Lipinski definition) is 0. The van der Waals surface area contributed by atoms with E-state index in [1.54, 1.807) is 17.9 Å². The monoisotopic (exact) mass is 601 g/mol. The maximum atomic E-state index is 13.9. The van der Waals surface area contributed by atoms with E-state index < -0.39 is 48.5 Å². The first-order valence-corrected chi connectivity index (χ1v) is 14.9. The Morgan fingerprint density at radius 1 is 0.841 bits per heavy atom. The van der Waals surface area contributed by atoms with Crippen molar-refractivity contribution in [3.63, 3.8) is 0 Å². The van der Waals surface area contributed by atoms with Gasteiger partial charge in [0.2, 0.25) is 0 Å². The molecule has 0 saturated carbocycles. The molecule has 0 bridgehead atoms. The molecule has 3 aromatic rings. The van der Waals surface area contributed by atoms with Gasteiger partial charge in [-0.1, -0.05) is 97.1 Å². The van der Waals surface area contributed by atoms with Gasteiger partial charge >= 0.3 is 12.1 Å². The lowest BCUT2D eigenvalue weighted by molar-refractivity contribution is -0.223. The number of carbonyl (C=O) groups is 2. The zero-order chi connectivity index (χ0) is 30.9. The molecule has 2 heterocycles. The van der Waals surface area contributed by atoms with Gasteiger partial charge in [-0.15, -0.1) is 0 Å². The number of rotatable bonds is 12. The van der Waals surface area contributed by atoms with Crippen LogP contribution < -0.4 is 0 Å². The molecule has 2 saturated heterocycles. The minimum atomic E-state index is -0.886. The van der Waals surface area contributed by atoms with Crippen molar-refractivity contribution in [1.29, 1.82) is 0 Å². The van der Waals surface area contributed by atoms with Crippen molar-refractivity contribution in [2.45, 2.75) is 77.0 Å². The Kier molecular flexibility index (Phi) is 10.4. The average molecular weight is 602 g/mol. The van der Waals surface area contributed by atoms with E-state index in [2.05, 4.69) is 0 Å². The smallest absolute Gasteiger partial charge is 0.410 e. The number of benzene rings is 3. The highest BCUT2D eigenvalue weighted by atomic mass is 16.8. The molecule has 2 aliphatic heterocycles. The number of hydrogen-bond acceptors (Lipinski definition) is 8. The summed E-state index contributed by atoms with van der Waals surface area (Å²) in [4.78, 5) is 28.0. The van der Waals surface area contributed by atoms with E-state index in [1.807, 2.05) is 105 Å². The molecule has 5 atom stereocenters. The van der Waals surface area contributed by atoms with E-state index in [0.29, 0.717) is 0 Å². The second-order valence-electron chi connectivity index (χ2n) is 11.1. The van der Waals surface area contributed by atoms with E-state index in [4.69, 9.17) is 28.4 Å². The van der Waals surface area contributed by atoms with E-state index in [9.17, 15) is 9.59 Å². The third-order valence-corrected chi connectivity index (χ3v) is 7.36. The van der Waals surface area contributed by atoms with Gasteiger partial charge in [-0.25, -0.2) is 9.59 Å². The van der Waals surface area contributed by atoms with Crippen molar-refractivity contribution < 1.29 is 38.0 Å². The van der Waals surface area contributed by atoms with Crippen LogP contribution in [0.25, 0.3) is 0 Å². The Bertz CT molecular complexity index is 1380. The van der Waals surface area contributed by atoms with Crippen molar-refractivity contribution in [3.8, 4) is 0 Å². The summed E-state index contributed by atoms with van der Waals surface area (Å²) in [5, 5.41) is 0. The Morgan fingerprint density at radius 3 is 2.05 bits per heavy atom. The fraction of sp³-hybridized carbons (Fsp3) is 0.371. The molecule has 0 radical (unpaired) electrons. The molecule has 9 heteroatoms. The lowest BCUT2D eigenvalue weighted by atomic mass is 10.0. The van der Waals surface area contributed by atoms with E-state index in [0.717, 1.165) is 16.7 Å². The molecule has 0 spiro atoms. The maximum absolute atomic E-state index is 13.9. The van der Waals surface area contributed by atoms with Crippen LogP contribution in [0.1, 0.15) is 37.5 Å². The first-order chi connectivity index (χ1) is 21.3. The minimum Gasteiger partial charge on any atom is -0.463 e. The summed E-state index contributed by atoms with van der Waals surface area (Å²) >= 11 is 0. The van der Waals surface area contributed by atoms with Crippen LogP contribution in [-0.4, -0.2) is 60.0 Å². The highest BCUT2D eigenvalue weighted by Gasteiger charge is 2.58. The largest absolute Gasteiger partial charge is 0.463 e. The van der Waals surface area contributed by atoms with Gasteiger partial charge < -0.3 is 28.4 Å². The van der Waals surface area contributed by atoms with Crippen LogP contribution in [0.3, 0.4) is 0 Å². The second-order valence-corrected chi connectivity index (χ2v) is 11.1. The minimum absolute atomic E-state index is 0.0738. The first kappa shape index (κ1) is 31.4. The Balaban J connectivity index is 1.49. The van der Waals surface area contributed by atoms with E-state index in [1.165, 1.54) is 6.08 Å². The summed E-state index contributed by atoms with van der Waals surface area (Å²) in [6.45, 7) is 6.12. The number of nitrogens with zero attached hydrogens (tertiary/aromatic N) is 1. The fourth-order valence-corrected chi connectivity index (χ4v) is 5.37. The molecule has 232 valence electrons. The van der Waals surface area contributed by atoms with Crippen LogP contribution in [0.15, 0.2) is 103 Å². The summed E-state index contributed by atoms with van der Waals surface area (Å²) in [6.07, 6.45) is -0.401. The van der Waals surface area contributed by atoms with Gasteiger partial charge in [-0.2, -0.15) is 0 Å². The molecule has 3 aromatic carbocycles. The molecule has 2 aliphatic rings. The molecule has 0 aromatic heterocycles. The molecule has 0 unspecified atom stereocenters. The van der Waals surface area contributed by atoms with Crippen LogP contribution in [0.5, 0.6) is 0 Å². The molecule has 44 heavy (non-hydrogen) atoms. The SMILES string of the molecule is CCOC(=O)/C=C/[C@@H]([C@H]1O[C@@H]2OC(C)(C)O[C@@H]2[C@H]1OCc1ccccc1)N(Cc1ccccc1)C(=O)OCc1ccccc1. The molecule has 1 amide bonds. The van der Waals surface area contributed by atoms with Crippen molar-refractivity contribution in [3.05, 3.63) is 120 Å². The Labute approximate surface area is 258 Å². The fourth-order valence-electron chi connectivity index (χ4n) is 5.37. The summed E-state index contributed by atoms with van der Waals surface area (Å²) in [7, 11) is 0. The zero-order valence-corrected chi connectivity index (χ0v) is 25.2. The lowest BCUT2D eigenvalue weighted by Crippen LogP contribution is -2.51. The van der Waals surface area contributed by atoms with Gasteiger partial charge in [0, 0.05) is 12.6 Å². The first-order valence-electron chi connectivity index (χ1n) is 14.9. The van der Waals surface area contributed by atoms with Crippen LogP contribution in [0.4, 0.5) is 4.79 Å². The van der Waals surface area contributed by atoms with Crippen LogP contribution in [-0.2, 0) is 53.0 Å². The van der Waals surface area contributed by atoms with Crippen molar-refractivity contribution in [2.24, 2.45) is 0 Å². The topological polar surface area (TPSA) is 92.8 Å². The predicted octanol–water partition coefficient (Wildman–Crippen LogP) is 5.78. The van der Waals surface area contributed by atoms with Gasteiger partial charge in [0.25, 0.3) is 0 Å². The lowest BCUT2D eigenvalue weighted by Gasteiger charge is -2.36.